The molecule has 1 saturated heterocycles. The van der Waals surface area contributed by atoms with E-state index in [0.29, 0.717) is 6.61 Å². The van der Waals surface area contributed by atoms with Crippen molar-refractivity contribution in [1.29, 1.82) is 0 Å². The first-order valence-electron chi connectivity index (χ1n) is 10.9. The SMILES string of the molecule is CCCCCCCCCC[C@H]1CC[C@@H](CO)N1C(=O)OCc1ccccc1. The van der Waals surface area contributed by atoms with E-state index in [1.165, 1.54) is 44.9 Å². The van der Waals surface area contributed by atoms with E-state index < -0.39 is 0 Å². The Morgan fingerprint density at radius 1 is 1.00 bits per heavy atom. The van der Waals surface area contributed by atoms with Gasteiger partial charge in [0.25, 0.3) is 0 Å². The molecule has 1 amide bonds. The minimum atomic E-state index is -0.278. The third-order valence-electron chi connectivity index (χ3n) is 5.64. The second-order valence-electron chi connectivity index (χ2n) is 7.78. The highest BCUT2D eigenvalue weighted by atomic mass is 16.6. The lowest BCUT2D eigenvalue weighted by atomic mass is 10.0. The molecule has 0 unspecified atom stereocenters. The standard InChI is InChI=1S/C23H37NO3/c1-2-3-4-5-6-7-8-12-15-21-16-17-22(18-25)24(21)23(26)27-19-20-13-10-9-11-14-20/h9-11,13-14,21-22,25H,2-8,12,15-19H2,1H3/t21-,22-/m0/s1. The Morgan fingerprint density at radius 2 is 1.63 bits per heavy atom. The van der Waals surface area contributed by atoms with E-state index in [0.717, 1.165) is 31.2 Å². The molecule has 0 radical (unpaired) electrons. The molecule has 4 nitrogen and oxygen atoms in total. The van der Waals surface area contributed by atoms with Crippen molar-refractivity contribution in [2.75, 3.05) is 6.61 Å². The average molecular weight is 376 g/mol. The Bertz CT molecular complexity index is 520. The van der Waals surface area contributed by atoms with Crippen LogP contribution in [0.15, 0.2) is 30.3 Å². The van der Waals surface area contributed by atoms with Crippen LogP contribution in [0.25, 0.3) is 0 Å². The zero-order valence-electron chi connectivity index (χ0n) is 16.9. The number of amides is 1. The number of nitrogens with zero attached hydrogens (tertiary/aromatic N) is 1. The fraction of sp³-hybridized carbons (Fsp3) is 0.696. The number of carbonyl (C=O) groups excluding carboxylic acids is 1. The van der Waals surface area contributed by atoms with Gasteiger partial charge in [-0.1, -0.05) is 88.6 Å². The van der Waals surface area contributed by atoms with Gasteiger partial charge >= 0.3 is 6.09 Å². The molecular formula is C23H37NO3. The number of unbranched alkanes of at least 4 members (excludes halogenated alkanes) is 7. The number of aliphatic hydroxyl groups is 1. The summed E-state index contributed by atoms with van der Waals surface area (Å²) in [5.41, 5.74) is 0.991. The molecule has 1 aromatic carbocycles. The molecule has 0 bridgehead atoms. The van der Waals surface area contributed by atoms with Crippen LogP contribution in [0.2, 0.25) is 0 Å². The third kappa shape index (κ3) is 7.53. The second kappa shape index (κ2) is 12.8. The third-order valence-corrected chi connectivity index (χ3v) is 5.64. The van der Waals surface area contributed by atoms with Crippen molar-refractivity contribution in [1.82, 2.24) is 4.90 Å². The van der Waals surface area contributed by atoms with Crippen LogP contribution in [-0.4, -0.2) is 34.8 Å². The molecule has 27 heavy (non-hydrogen) atoms. The average Bonchev–Trinajstić information content (AvgIpc) is 3.12. The van der Waals surface area contributed by atoms with Crippen molar-refractivity contribution in [3.05, 3.63) is 35.9 Å². The summed E-state index contributed by atoms with van der Waals surface area (Å²) >= 11 is 0. The number of aliphatic hydroxyl groups excluding tert-OH is 1. The Labute approximate surface area is 164 Å². The summed E-state index contributed by atoms with van der Waals surface area (Å²) in [7, 11) is 0. The smallest absolute Gasteiger partial charge is 0.410 e. The lowest BCUT2D eigenvalue weighted by Gasteiger charge is -2.28. The molecule has 2 atom stereocenters. The number of benzene rings is 1. The Hall–Kier alpha value is -1.55. The monoisotopic (exact) mass is 375 g/mol. The summed E-state index contributed by atoms with van der Waals surface area (Å²) in [4.78, 5) is 14.4. The van der Waals surface area contributed by atoms with Crippen LogP contribution in [0.5, 0.6) is 0 Å². The van der Waals surface area contributed by atoms with Crippen molar-refractivity contribution in [3.63, 3.8) is 0 Å². The minimum absolute atomic E-state index is 0.0222. The van der Waals surface area contributed by atoms with E-state index in [1.54, 1.807) is 0 Å². The lowest BCUT2D eigenvalue weighted by molar-refractivity contribution is 0.0631. The number of ether oxygens (including phenoxy) is 1. The van der Waals surface area contributed by atoms with Gasteiger partial charge in [-0.3, -0.25) is 4.90 Å². The highest BCUT2D eigenvalue weighted by Crippen LogP contribution is 2.29. The summed E-state index contributed by atoms with van der Waals surface area (Å²) in [5, 5.41) is 9.65. The molecule has 1 aliphatic rings. The van der Waals surface area contributed by atoms with Gasteiger partial charge in [0.2, 0.25) is 0 Å². The molecule has 0 saturated carbocycles. The fourth-order valence-corrected chi connectivity index (χ4v) is 4.03. The predicted molar refractivity (Wildman–Crippen MR) is 110 cm³/mol. The summed E-state index contributed by atoms with van der Waals surface area (Å²) in [6, 6.07) is 9.88. The van der Waals surface area contributed by atoms with E-state index in [2.05, 4.69) is 6.92 Å². The molecule has 4 heteroatoms. The summed E-state index contributed by atoms with van der Waals surface area (Å²) in [5.74, 6) is 0. The number of carbonyl (C=O) groups is 1. The van der Waals surface area contributed by atoms with Gasteiger partial charge in [-0.15, -0.1) is 0 Å². The van der Waals surface area contributed by atoms with Gasteiger partial charge in [0.05, 0.1) is 12.6 Å². The fourth-order valence-electron chi connectivity index (χ4n) is 4.03. The Morgan fingerprint density at radius 3 is 2.30 bits per heavy atom. The quantitative estimate of drug-likeness (QED) is 0.478. The van der Waals surface area contributed by atoms with Gasteiger partial charge in [0, 0.05) is 6.04 Å². The van der Waals surface area contributed by atoms with Crippen LogP contribution in [0.3, 0.4) is 0 Å². The normalized spacial score (nSPS) is 19.4. The largest absolute Gasteiger partial charge is 0.445 e. The first-order chi connectivity index (χ1) is 13.3. The van der Waals surface area contributed by atoms with E-state index in [4.69, 9.17) is 4.74 Å². The Kier molecular flexibility index (Phi) is 10.3. The number of rotatable bonds is 12. The van der Waals surface area contributed by atoms with E-state index in [1.807, 2.05) is 35.2 Å². The van der Waals surface area contributed by atoms with Crippen molar-refractivity contribution >= 4 is 6.09 Å². The van der Waals surface area contributed by atoms with Gasteiger partial charge in [0.1, 0.15) is 6.61 Å². The molecule has 1 aromatic rings. The van der Waals surface area contributed by atoms with E-state index in [9.17, 15) is 9.90 Å². The minimum Gasteiger partial charge on any atom is -0.445 e. The van der Waals surface area contributed by atoms with Gasteiger partial charge in [0.15, 0.2) is 0 Å². The van der Waals surface area contributed by atoms with Crippen LogP contribution < -0.4 is 0 Å². The highest BCUT2D eigenvalue weighted by Gasteiger charge is 2.37. The molecule has 1 fully saturated rings. The number of hydrogen-bond acceptors (Lipinski definition) is 3. The molecule has 1 N–H and O–H groups in total. The molecule has 0 aliphatic carbocycles. The van der Waals surface area contributed by atoms with Crippen LogP contribution in [-0.2, 0) is 11.3 Å². The molecule has 1 aliphatic heterocycles. The lowest BCUT2D eigenvalue weighted by Crippen LogP contribution is -2.43. The summed E-state index contributed by atoms with van der Waals surface area (Å²) < 4.78 is 5.53. The van der Waals surface area contributed by atoms with Crippen LogP contribution in [0.4, 0.5) is 4.79 Å². The van der Waals surface area contributed by atoms with Crippen LogP contribution in [0.1, 0.15) is 83.1 Å². The zero-order chi connectivity index (χ0) is 19.3. The van der Waals surface area contributed by atoms with Gasteiger partial charge in [-0.05, 0) is 24.8 Å². The Balaban J connectivity index is 1.72. The van der Waals surface area contributed by atoms with E-state index >= 15 is 0 Å². The van der Waals surface area contributed by atoms with Crippen molar-refractivity contribution in [2.24, 2.45) is 0 Å². The maximum Gasteiger partial charge on any atom is 0.410 e. The van der Waals surface area contributed by atoms with Crippen molar-refractivity contribution < 1.29 is 14.6 Å². The first kappa shape index (κ1) is 21.7. The number of hydrogen-bond donors (Lipinski definition) is 1. The molecule has 2 rings (SSSR count). The van der Waals surface area contributed by atoms with Crippen LogP contribution >= 0.6 is 0 Å². The van der Waals surface area contributed by atoms with Crippen LogP contribution in [0, 0.1) is 0 Å². The van der Waals surface area contributed by atoms with Crippen molar-refractivity contribution in [3.8, 4) is 0 Å². The molecule has 0 aromatic heterocycles. The second-order valence-corrected chi connectivity index (χ2v) is 7.78. The molecule has 0 spiro atoms. The molecular weight excluding hydrogens is 338 g/mol. The number of likely N-dealkylation sites (tertiary alicyclic amines) is 1. The maximum atomic E-state index is 12.6. The predicted octanol–water partition coefficient (Wildman–Crippen LogP) is 5.68. The molecule has 1 heterocycles. The molecule has 152 valence electrons. The topological polar surface area (TPSA) is 49.8 Å². The maximum absolute atomic E-state index is 12.6. The highest BCUT2D eigenvalue weighted by molar-refractivity contribution is 5.69. The zero-order valence-corrected chi connectivity index (χ0v) is 16.9. The van der Waals surface area contributed by atoms with Gasteiger partial charge in [-0.25, -0.2) is 4.79 Å². The van der Waals surface area contributed by atoms with Gasteiger partial charge < -0.3 is 9.84 Å². The summed E-state index contributed by atoms with van der Waals surface area (Å²) in [6.07, 6.45) is 12.9. The van der Waals surface area contributed by atoms with E-state index in [-0.39, 0.29) is 24.8 Å². The van der Waals surface area contributed by atoms with Gasteiger partial charge in [-0.2, -0.15) is 0 Å². The summed E-state index contributed by atoms with van der Waals surface area (Å²) in [6.45, 7) is 2.56. The first-order valence-corrected chi connectivity index (χ1v) is 10.9. The van der Waals surface area contributed by atoms with Crippen molar-refractivity contribution in [2.45, 2.75) is 96.2 Å².